The van der Waals surface area contributed by atoms with Crippen LogP contribution in [0.5, 0.6) is 0 Å². The van der Waals surface area contributed by atoms with Crippen molar-refractivity contribution in [2.45, 2.75) is 39.2 Å². The van der Waals surface area contributed by atoms with E-state index in [0.29, 0.717) is 6.04 Å². The highest BCUT2D eigenvalue weighted by Crippen LogP contribution is 2.29. The van der Waals surface area contributed by atoms with E-state index in [9.17, 15) is 0 Å². The molecule has 10 heteroatoms. The summed E-state index contributed by atoms with van der Waals surface area (Å²) in [5.41, 5.74) is 0. The van der Waals surface area contributed by atoms with Gasteiger partial charge in [-0.05, 0) is 44.3 Å². The molecule has 4 rings (SSSR count). The van der Waals surface area contributed by atoms with Crippen LogP contribution in [0.2, 0.25) is 0 Å². The van der Waals surface area contributed by atoms with Crippen LogP contribution in [0, 0.1) is 0 Å². The fourth-order valence-electron chi connectivity index (χ4n) is 4.14. The Morgan fingerprint density at radius 1 is 1.16 bits per heavy atom. The summed E-state index contributed by atoms with van der Waals surface area (Å²) in [6.07, 6.45) is 3.51. The number of nitrogens with one attached hydrogen (secondary N) is 1. The zero-order valence-corrected chi connectivity index (χ0v) is 22.5. The van der Waals surface area contributed by atoms with Crippen LogP contribution in [0.15, 0.2) is 22.5 Å². The van der Waals surface area contributed by atoms with Crippen molar-refractivity contribution in [2.24, 2.45) is 4.99 Å². The zero-order chi connectivity index (χ0) is 20.8. The summed E-state index contributed by atoms with van der Waals surface area (Å²) in [5, 5.41) is 6.77. The molecule has 4 heterocycles. The predicted octanol–water partition coefficient (Wildman–Crippen LogP) is 3.70. The monoisotopic (exact) mass is 575 g/mol. The molecular formula is C21H34IN7S2. The molecule has 31 heavy (non-hydrogen) atoms. The second-order valence-corrected chi connectivity index (χ2v) is 9.50. The van der Waals surface area contributed by atoms with Crippen LogP contribution >= 0.6 is 46.8 Å². The Kier molecular flexibility index (Phi) is 9.79. The van der Waals surface area contributed by atoms with Gasteiger partial charge >= 0.3 is 0 Å². The molecular weight excluding hydrogens is 541 g/mol. The molecule has 2 aromatic rings. The molecule has 7 nitrogen and oxygen atoms in total. The number of nitrogens with zero attached hydrogens (tertiary/aromatic N) is 6. The van der Waals surface area contributed by atoms with E-state index < -0.39 is 0 Å². The number of aryl methyl sites for hydroxylation is 1. The Bertz CT molecular complexity index is 797. The molecule has 1 unspecified atom stereocenters. The SMILES string of the molecule is CCNC(=NCC(c1cccs1)N1CCCC1)N1CCN(c2nc(CC)ns2)CC1.I. The number of piperazine rings is 1. The fraction of sp³-hybridized carbons (Fsp3) is 0.667. The number of thiophene rings is 1. The van der Waals surface area contributed by atoms with Crippen LogP contribution in [-0.2, 0) is 6.42 Å². The van der Waals surface area contributed by atoms with E-state index in [1.807, 2.05) is 11.3 Å². The van der Waals surface area contributed by atoms with Gasteiger partial charge in [0.15, 0.2) is 5.96 Å². The van der Waals surface area contributed by atoms with E-state index in [1.165, 1.54) is 42.3 Å². The van der Waals surface area contributed by atoms with Gasteiger partial charge in [-0.1, -0.05) is 13.0 Å². The quantitative estimate of drug-likeness (QED) is 0.309. The van der Waals surface area contributed by atoms with Crippen molar-refractivity contribution in [1.82, 2.24) is 24.5 Å². The van der Waals surface area contributed by atoms with Gasteiger partial charge in [0.25, 0.3) is 0 Å². The average Bonchev–Trinajstić information content (AvgIpc) is 3.56. The lowest BCUT2D eigenvalue weighted by Crippen LogP contribution is -2.52. The second kappa shape index (κ2) is 12.3. The Balaban J connectivity index is 0.00000272. The van der Waals surface area contributed by atoms with Gasteiger partial charge < -0.3 is 15.1 Å². The summed E-state index contributed by atoms with van der Waals surface area (Å²) in [7, 11) is 0. The standard InChI is InChI=1S/C21H33N7S2.HI/c1-3-19-24-21(30-25-19)28-13-11-27(12-14-28)20(22-4-2)23-16-17(18-8-7-15-29-18)26-9-5-6-10-26;/h7-8,15,17H,3-6,9-14,16H2,1-2H3,(H,22,23);1H. The summed E-state index contributed by atoms with van der Waals surface area (Å²) >= 11 is 3.38. The first-order chi connectivity index (χ1) is 14.8. The Morgan fingerprint density at radius 3 is 2.55 bits per heavy atom. The number of halogens is 1. The largest absolute Gasteiger partial charge is 0.357 e. The van der Waals surface area contributed by atoms with Crippen LogP contribution in [0.25, 0.3) is 0 Å². The highest BCUT2D eigenvalue weighted by atomic mass is 127. The van der Waals surface area contributed by atoms with Crippen molar-refractivity contribution in [1.29, 1.82) is 0 Å². The van der Waals surface area contributed by atoms with Gasteiger partial charge in [-0.25, -0.2) is 4.98 Å². The minimum absolute atomic E-state index is 0. The molecule has 0 amide bonds. The number of aliphatic imine (C=N–C) groups is 1. The van der Waals surface area contributed by atoms with Gasteiger partial charge in [-0.2, -0.15) is 4.37 Å². The van der Waals surface area contributed by atoms with Gasteiger partial charge in [-0.15, -0.1) is 35.3 Å². The van der Waals surface area contributed by atoms with E-state index in [0.717, 1.165) is 62.6 Å². The van der Waals surface area contributed by atoms with Crippen molar-refractivity contribution >= 4 is 57.9 Å². The summed E-state index contributed by atoms with van der Waals surface area (Å²) in [4.78, 5) is 18.6. The molecule has 0 radical (unpaired) electrons. The number of hydrogen-bond donors (Lipinski definition) is 1. The van der Waals surface area contributed by atoms with Gasteiger partial charge in [0, 0.05) is 55.6 Å². The highest BCUT2D eigenvalue weighted by molar-refractivity contribution is 14.0. The Hall–Kier alpha value is -0.980. The van der Waals surface area contributed by atoms with E-state index in [-0.39, 0.29) is 24.0 Å². The normalized spacial score (nSPS) is 18.8. The summed E-state index contributed by atoms with van der Waals surface area (Å²) in [6, 6.07) is 4.83. The molecule has 2 aliphatic rings. The van der Waals surface area contributed by atoms with Gasteiger partial charge in [0.1, 0.15) is 5.82 Å². The molecule has 2 fully saturated rings. The average molecular weight is 576 g/mol. The van der Waals surface area contributed by atoms with Crippen molar-refractivity contribution in [2.75, 3.05) is 57.3 Å². The van der Waals surface area contributed by atoms with E-state index in [1.54, 1.807) is 0 Å². The first kappa shape index (κ1) is 24.7. The number of guanidine groups is 1. The van der Waals surface area contributed by atoms with Gasteiger partial charge in [-0.3, -0.25) is 9.89 Å². The lowest BCUT2D eigenvalue weighted by molar-refractivity contribution is 0.254. The lowest BCUT2D eigenvalue weighted by atomic mass is 10.2. The molecule has 2 saturated heterocycles. The molecule has 0 spiro atoms. The van der Waals surface area contributed by atoms with Gasteiger partial charge in [0.2, 0.25) is 5.13 Å². The van der Waals surface area contributed by atoms with Crippen LogP contribution in [0.1, 0.15) is 43.4 Å². The molecule has 1 N–H and O–H groups in total. The van der Waals surface area contributed by atoms with Crippen molar-refractivity contribution < 1.29 is 0 Å². The van der Waals surface area contributed by atoms with Crippen molar-refractivity contribution in [3.63, 3.8) is 0 Å². The first-order valence-corrected chi connectivity index (χ1v) is 12.8. The molecule has 172 valence electrons. The number of likely N-dealkylation sites (tertiary alicyclic amines) is 1. The molecule has 0 bridgehead atoms. The first-order valence-electron chi connectivity index (χ1n) is 11.2. The van der Waals surface area contributed by atoms with E-state index in [2.05, 4.69) is 60.7 Å². The maximum absolute atomic E-state index is 5.11. The second-order valence-electron chi connectivity index (χ2n) is 7.79. The summed E-state index contributed by atoms with van der Waals surface area (Å²) in [5.74, 6) is 2.00. The molecule has 0 saturated carbocycles. The number of rotatable bonds is 7. The maximum atomic E-state index is 5.11. The topological polar surface area (TPSA) is 59.9 Å². The predicted molar refractivity (Wildman–Crippen MR) is 142 cm³/mol. The van der Waals surface area contributed by atoms with Crippen molar-refractivity contribution in [3.8, 4) is 0 Å². The summed E-state index contributed by atoms with van der Waals surface area (Å²) < 4.78 is 4.44. The highest BCUT2D eigenvalue weighted by Gasteiger charge is 2.26. The Morgan fingerprint density at radius 2 is 1.94 bits per heavy atom. The molecule has 1 atom stereocenters. The summed E-state index contributed by atoms with van der Waals surface area (Å²) in [6.45, 7) is 12.2. The molecule has 2 aliphatic heterocycles. The van der Waals surface area contributed by atoms with Gasteiger partial charge in [0.05, 0.1) is 12.6 Å². The zero-order valence-electron chi connectivity index (χ0n) is 18.5. The lowest BCUT2D eigenvalue weighted by Gasteiger charge is -2.36. The smallest absolute Gasteiger partial charge is 0.205 e. The fourth-order valence-corrected chi connectivity index (χ4v) is 5.80. The van der Waals surface area contributed by atoms with Crippen LogP contribution in [-0.4, -0.2) is 77.5 Å². The molecule has 0 aromatic carbocycles. The molecule has 2 aromatic heterocycles. The maximum Gasteiger partial charge on any atom is 0.205 e. The molecule has 0 aliphatic carbocycles. The number of aromatic nitrogens is 2. The van der Waals surface area contributed by atoms with E-state index in [4.69, 9.17) is 4.99 Å². The third-order valence-electron chi connectivity index (χ3n) is 5.83. The minimum atomic E-state index is 0. The van der Waals surface area contributed by atoms with Crippen LogP contribution in [0.4, 0.5) is 5.13 Å². The van der Waals surface area contributed by atoms with E-state index >= 15 is 0 Å². The number of hydrogen-bond acceptors (Lipinski definition) is 7. The number of anilines is 1. The van der Waals surface area contributed by atoms with Crippen molar-refractivity contribution in [3.05, 3.63) is 28.2 Å². The van der Waals surface area contributed by atoms with Crippen LogP contribution in [0.3, 0.4) is 0 Å². The minimum Gasteiger partial charge on any atom is -0.357 e. The Labute approximate surface area is 211 Å². The van der Waals surface area contributed by atoms with Crippen LogP contribution < -0.4 is 10.2 Å². The third-order valence-corrected chi connectivity index (χ3v) is 7.61. The third kappa shape index (κ3) is 6.29.